The maximum Gasteiger partial charge on any atom is 0.247 e. The molecule has 6 rings (SSSR count). The van der Waals surface area contributed by atoms with Crippen molar-refractivity contribution in [1.29, 1.82) is 0 Å². The number of hydrogen-bond donors (Lipinski definition) is 2. The summed E-state index contributed by atoms with van der Waals surface area (Å²) in [6.07, 6.45) is 8.59. The van der Waals surface area contributed by atoms with Gasteiger partial charge in [-0.15, -0.1) is 12.0 Å². The van der Waals surface area contributed by atoms with Crippen molar-refractivity contribution in [1.82, 2.24) is 15.0 Å². The molecule has 40 heavy (non-hydrogen) atoms. The summed E-state index contributed by atoms with van der Waals surface area (Å²) in [7, 11) is 0. The van der Waals surface area contributed by atoms with Crippen LogP contribution >= 0.6 is 11.6 Å². The SMILES string of the molecule is C=CC(=O)Nc1cc2c(Nc3ccc(OCc4ccccn4)c(Cl)c3)ncnc2cc1C#CC12CCC(CC1)[N-]2. The quantitative estimate of drug-likeness (QED) is 0.200. The molecule has 200 valence electrons. The second-order valence-corrected chi connectivity index (χ2v) is 10.3. The van der Waals surface area contributed by atoms with Crippen molar-refractivity contribution in [2.24, 2.45) is 0 Å². The van der Waals surface area contributed by atoms with Crippen molar-refractivity contribution in [2.75, 3.05) is 10.6 Å². The highest BCUT2D eigenvalue weighted by Crippen LogP contribution is 2.48. The predicted molar refractivity (Wildman–Crippen MR) is 157 cm³/mol. The molecule has 2 saturated heterocycles. The van der Waals surface area contributed by atoms with Gasteiger partial charge in [-0.25, -0.2) is 9.97 Å². The zero-order valence-corrected chi connectivity index (χ0v) is 22.4. The number of carbonyl (C=O) groups is 1. The van der Waals surface area contributed by atoms with Gasteiger partial charge in [-0.05, 0) is 48.5 Å². The molecule has 0 aliphatic carbocycles. The van der Waals surface area contributed by atoms with Crippen molar-refractivity contribution in [2.45, 2.75) is 43.9 Å². The first-order chi connectivity index (χ1) is 19.5. The third kappa shape index (κ3) is 5.48. The highest BCUT2D eigenvalue weighted by molar-refractivity contribution is 6.32. The van der Waals surface area contributed by atoms with E-state index < -0.39 is 0 Å². The first-order valence-corrected chi connectivity index (χ1v) is 13.4. The molecular formula is C31H26ClN6O2-. The first-order valence-electron chi connectivity index (χ1n) is 13.1. The highest BCUT2D eigenvalue weighted by Gasteiger charge is 2.32. The Bertz CT molecular complexity index is 1660. The van der Waals surface area contributed by atoms with Crippen LogP contribution in [0.4, 0.5) is 17.2 Å². The molecule has 2 aliphatic rings. The molecule has 0 unspecified atom stereocenters. The lowest BCUT2D eigenvalue weighted by Gasteiger charge is -2.30. The Morgan fingerprint density at radius 1 is 1.18 bits per heavy atom. The third-order valence-corrected chi connectivity index (χ3v) is 7.45. The third-order valence-electron chi connectivity index (χ3n) is 7.16. The van der Waals surface area contributed by atoms with E-state index >= 15 is 0 Å². The Kier molecular flexibility index (Phi) is 7.08. The fourth-order valence-electron chi connectivity index (χ4n) is 5.09. The van der Waals surface area contributed by atoms with Gasteiger partial charge in [0.15, 0.2) is 0 Å². The van der Waals surface area contributed by atoms with E-state index in [4.69, 9.17) is 21.7 Å². The molecule has 2 fully saturated rings. The summed E-state index contributed by atoms with van der Waals surface area (Å²) in [5, 5.41) is 12.2. The standard InChI is InChI=1S/C31H26ClN6O2/c1-2-29(39)37-26-17-24-27(15-20(26)8-11-31-12-9-21(38-31)10-13-31)34-19-35-30(24)36-22-6-7-28(25(32)16-22)40-18-23-5-3-4-14-33-23/h2-7,14-17,19,21H,1,9-10,12-13,18H2,(H,37,39)(H,34,35,36)/q-1. The van der Waals surface area contributed by atoms with Gasteiger partial charge in [-0.2, -0.15) is 0 Å². The molecular weight excluding hydrogens is 524 g/mol. The summed E-state index contributed by atoms with van der Waals surface area (Å²) in [5.74, 6) is 7.47. The second-order valence-electron chi connectivity index (χ2n) is 9.85. The Morgan fingerprint density at radius 3 is 2.77 bits per heavy atom. The van der Waals surface area contributed by atoms with Crippen molar-refractivity contribution in [3.05, 3.63) is 95.3 Å². The van der Waals surface area contributed by atoms with Crippen molar-refractivity contribution >= 4 is 45.6 Å². The Morgan fingerprint density at radius 2 is 2.05 bits per heavy atom. The van der Waals surface area contributed by atoms with Crippen LogP contribution in [0.3, 0.4) is 0 Å². The molecule has 8 nitrogen and oxygen atoms in total. The average Bonchev–Trinajstić information content (AvgIpc) is 3.58. The van der Waals surface area contributed by atoms with Gasteiger partial charge in [-0.1, -0.05) is 61.4 Å². The Labute approximate surface area is 237 Å². The van der Waals surface area contributed by atoms with Crippen LogP contribution in [-0.2, 0) is 11.4 Å². The van der Waals surface area contributed by atoms with Crippen LogP contribution in [0.25, 0.3) is 16.2 Å². The molecule has 4 heterocycles. The molecule has 2 aromatic heterocycles. The fourth-order valence-corrected chi connectivity index (χ4v) is 5.32. The number of rotatable bonds is 7. The monoisotopic (exact) mass is 549 g/mol. The summed E-state index contributed by atoms with van der Waals surface area (Å²) >= 11 is 6.52. The number of benzene rings is 2. The molecule has 0 spiro atoms. The molecule has 4 aromatic rings. The number of hydrogen-bond acceptors (Lipinski definition) is 6. The number of anilines is 3. The van der Waals surface area contributed by atoms with Crippen LogP contribution < -0.4 is 15.4 Å². The normalized spacial score (nSPS) is 19.1. The minimum Gasteiger partial charge on any atom is -0.643 e. The van der Waals surface area contributed by atoms with Crippen molar-refractivity contribution < 1.29 is 9.53 Å². The number of nitrogens with zero attached hydrogens (tertiary/aromatic N) is 4. The molecule has 1 amide bonds. The molecule has 0 saturated carbocycles. The van der Waals surface area contributed by atoms with E-state index in [0.717, 1.165) is 31.4 Å². The Hall–Kier alpha value is -4.45. The number of carbonyl (C=O) groups excluding carboxylic acids is 1. The van der Waals surface area contributed by atoms with Crippen molar-refractivity contribution in [3.8, 4) is 17.6 Å². The number of amides is 1. The van der Waals surface area contributed by atoms with Crippen LogP contribution in [0.1, 0.15) is 36.9 Å². The Balaban J connectivity index is 1.28. The van der Waals surface area contributed by atoms with E-state index in [1.54, 1.807) is 18.3 Å². The maximum atomic E-state index is 12.3. The lowest BCUT2D eigenvalue weighted by Crippen LogP contribution is -2.18. The molecule has 2 aromatic carbocycles. The average molecular weight is 550 g/mol. The number of pyridine rings is 1. The summed E-state index contributed by atoms with van der Waals surface area (Å²) < 4.78 is 5.84. The van der Waals surface area contributed by atoms with E-state index in [-0.39, 0.29) is 11.4 Å². The van der Waals surface area contributed by atoms with Crippen LogP contribution in [0.5, 0.6) is 5.75 Å². The lowest BCUT2D eigenvalue weighted by atomic mass is 9.88. The number of aromatic nitrogens is 3. The van der Waals surface area contributed by atoms with Gasteiger partial charge in [0, 0.05) is 17.3 Å². The minimum absolute atomic E-state index is 0.273. The summed E-state index contributed by atoms with van der Waals surface area (Å²) in [6, 6.07) is 15.2. The van der Waals surface area contributed by atoms with Gasteiger partial charge in [-0.3, -0.25) is 9.78 Å². The summed E-state index contributed by atoms with van der Waals surface area (Å²) in [4.78, 5) is 25.5. The van der Waals surface area contributed by atoms with E-state index in [2.05, 4.69) is 44.0 Å². The van der Waals surface area contributed by atoms with E-state index in [1.807, 2.05) is 36.4 Å². The van der Waals surface area contributed by atoms with E-state index in [0.29, 0.717) is 57.1 Å². The number of nitrogens with one attached hydrogen (secondary N) is 2. The van der Waals surface area contributed by atoms with Crippen LogP contribution in [0.15, 0.2) is 73.7 Å². The molecule has 0 radical (unpaired) electrons. The molecule has 2 aliphatic heterocycles. The number of ether oxygens (including phenoxy) is 1. The minimum atomic E-state index is -0.327. The van der Waals surface area contributed by atoms with Gasteiger partial charge >= 0.3 is 0 Å². The summed E-state index contributed by atoms with van der Waals surface area (Å²) in [6.45, 7) is 3.89. The molecule has 0 atom stereocenters. The lowest BCUT2D eigenvalue weighted by molar-refractivity contribution is -0.111. The van der Waals surface area contributed by atoms with Crippen molar-refractivity contribution in [3.63, 3.8) is 0 Å². The van der Waals surface area contributed by atoms with Gasteiger partial charge in [0.2, 0.25) is 5.91 Å². The van der Waals surface area contributed by atoms with Gasteiger partial charge in [0.05, 0.1) is 27.5 Å². The maximum absolute atomic E-state index is 12.3. The van der Waals surface area contributed by atoms with Gasteiger partial charge in [0.1, 0.15) is 24.5 Å². The largest absolute Gasteiger partial charge is 0.643 e. The zero-order valence-electron chi connectivity index (χ0n) is 21.7. The molecule has 2 bridgehead atoms. The topological polar surface area (TPSA) is 103 Å². The van der Waals surface area contributed by atoms with Gasteiger partial charge < -0.3 is 20.7 Å². The smallest absolute Gasteiger partial charge is 0.247 e. The van der Waals surface area contributed by atoms with Crippen LogP contribution in [0, 0.1) is 11.8 Å². The zero-order chi connectivity index (χ0) is 27.5. The van der Waals surface area contributed by atoms with Crippen LogP contribution in [-0.4, -0.2) is 32.4 Å². The van der Waals surface area contributed by atoms with Gasteiger partial charge in [0.25, 0.3) is 0 Å². The number of fused-ring (bicyclic) bond motifs is 3. The molecule has 2 N–H and O–H groups in total. The van der Waals surface area contributed by atoms with Crippen LogP contribution in [0.2, 0.25) is 5.02 Å². The van der Waals surface area contributed by atoms with E-state index in [1.165, 1.54) is 12.4 Å². The highest BCUT2D eigenvalue weighted by atomic mass is 35.5. The second kappa shape index (κ2) is 11.0. The van der Waals surface area contributed by atoms with E-state index in [9.17, 15) is 4.79 Å². The molecule has 9 heteroatoms. The fraction of sp³-hybridized carbons (Fsp3) is 0.226. The predicted octanol–water partition coefficient (Wildman–Crippen LogP) is 6.55. The number of halogens is 1. The summed E-state index contributed by atoms with van der Waals surface area (Å²) in [5.41, 5.74) is 3.16. The first kappa shape index (κ1) is 25.8.